The molecule has 0 aromatic heterocycles. The Kier molecular flexibility index (Phi) is 2.60. The number of rotatable bonds is 1. The van der Waals surface area contributed by atoms with Crippen molar-refractivity contribution in [3.8, 4) is 0 Å². The first kappa shape index (κ1) is 13.6. The molecule has 0 spiro atoms. The molecule has 0 radical (unpaired) electrons. The summed E-state index contributed by atoms with van der Waals surface area (Å²) in [7, 11) is 0. The van der Waals surface area contributed by atoms with E-state index in [4.69, 9.17) is 11.6 Å². The lowest BCUT2D eigenvalue weighted by molar-refractivity contribution is -0.245. The lowest BCUT2D eigenvalue weighted by Crippen LogP contribution is -2.35. The van der Waals surface area contributed by atoms with Crippen LogP contribution in [0.5, 0.6) is 0 Å². The summed E-state index contributed by atoms with van der Waals surface area (Å²) in [6.45, 7) is 0.733. The highest BCUT2D eigenvalue weighted by Gasteiger charge is 2.92. The monoisotopic (exact) mass is 268 g/mol. The molecule has 1 fully saturated rings. The maximum Gasteiger partial charge on any atom is 0.395 e. The van der Waals surface area contributed by atoms with Crippen molar-refractivity contribution in [1.82, 2.24) is 0 Å². The van der Waals surface area contributed by atoms with Crippen molar-refractivity contribution in [3.63, 3.8) is 0 Å². The van der Waals surface area contributed by atoms with Crippen LogP contribution in [0.2, 0.25) is 0 Å². The minimum Gasteiger partial charge on any atom is -0.281 e. The molecule has 0 heterocycles. The average molecular weight is 269 g/mol. The summed E-state index contributed by atoms with van der Waals surface area (Å²) < 4.78 is 75.3. The maximum absolute atomic E-state index is 12.6. The van der Waals surface area contributed by atoms with Crippen molar-refractivity contribution in [2.45, 2.75) is 26.2 Å². The number of halogens is 7. The Labute approximate surface area is 91.7 Å². The summed E-state index contributed by atoms with van der Waals surface area (Å²) >= 11 is 4.82. The van der Waals surface area contributed by atoms with Crippen molar-refractivity contribution in [2.75, 3.05) is 0 Å². The quantitative estimate of drug-likeness (QED) is 0.525. The fourth-order valence-electron chi connectivity index (χ4n) is 2.17. The molecular weight excluding hydrogens is 262 g/mol. The van der Waals surface area contributed by atoms with E-state index in [2.05, 4.69) is 0 Å². The van der Waals surface area contributed by atoms with E-state index in [0.29, 0.717) is 13.8 Å². The first-order chi connectivity index (χ1) is 6.82. The van der Waals surface area contributed by atoms with Gasteiger partial charge in [-0.2, -0.15) is 26.3 Å². The van der Waals surface area contributed by atoms with Crippen LogP contribution in [0.4, 0.5) is 26.3 Å². The molecule has 16 heavy (non-hydrogen) atoms. The topological polar surface area (TPSA) is 17.1 Å². The molecule has 1 aliphatic rings. The molecule has 2 atom stereocenters. The second kappa shape index (κ2) is 3.05. The highest BCUT2D eigenvalue weighted by atomic mass is 35.5. The highest BCUT2D eigenvalue weighted by molar-refractivity contribution is 6.64. The molecule has 94 valence electrons. The number of carbonyl (C=O) groups is 1. The van der Waals surface area contributed by atoms with Crippen molar-refractivity contribution >= 4 is 16.8 Å². The van der Waals surface area contributed by atoms with Gasteiger partial charge in [0, 0.05) is 0 Å². The Morgan fingerprint density at radius 2 is 1.25 bits per heavy atom. The molecule has 8 heteroatoms. The summed E-state index contributed by atoms with van der Waals surface area (Å²) in [4.78, 5) is 10.7. The second-order valence-electron chi connectivity index (χ2n) is 4.14. The van der Waals surface area contributed by atoms with Crippen molar-refractivity contribution in [1.29, 1.82) is 0 Å². The molecule has 2 unspecified atom stereocenters. The van der Waals surface area contributed by atoms with Gasteiger partial charge in [-0.05, 0) is 25.4 Å². The molecule has 0 aliphatic heterocycles. The van der Waals surface area contributed by atoms with Gasteiger partial charge in [0.05, 0.1) is 16.7 Å². The van der Waals surface area contributed by atoms with Crippen LogP contribution in [0.1, 0.15) is 13.8 Å². The Hall–Kier alpha value is -0.460. The fraction of sp³-hybridized carbons (Fsp3) is 0.875. The second-order valence-corrected chi connectivity index (χ2v) is 4.51. The van der Waals surface area contributed by atoms with Crippen molar-refractivity contribution in [3.05, 3.63) is 0 Å². The van der Waals surface area contributed by atoms with E-state index in [-0.39, 0.29) is 0 Å². The fourth-order valence-corrected chi connectivity index (χ4v) is 2.61. The molecule has 0 aromatic rings. The van der Waals surface area contributed by atoms with Crippen LogP contribution >= 0.6 is 11.6 Å². The Bertz CT molecular complexity index is 308. The van der Waals surface area contributed by atoms with Gasteiger partial charge in [-0.25, -0.2) is 0 Å². The van der Waals surface area contributed by atoms with Crippen LogP contribution in [0.15, 0.2) is 0 Å². The third-order valence-corrected chi connectivity index (χ3v) is 3.77. The molecule has 1 nitrogen and oxygen atoms in total. The lowest BCUT2D eigenvalue weighted by atomic mass is 9.95. The predicted octanol–water partition coefficient (Wildman–Crippen LogP) is 3.52. The zero-order chi connectivity index (χ0) is 13.2. The number of alkyl halides is 6. The van der Waals surface area contributed by atoms with Gasteiger partial charge < -0.3 is 0 Å². The van der Waals surface area contributed by atoms with Gasteiger partial charge in [0.1, 0.15) is 0 Å². The first-order valence-corrected chi connectivity index (χ1v) is 4.52. The minimum atomic E-state index is -5.13. The van der Waals surface area contributed by atoms with E-state index < -0.39 is 34.3 Å². The van der Waals surface area contributed by atoms with Gasteiger partial charge in [0.2, 0.25) is 5.24 Å². The number of carbonyl (C=O) groups excluding carboxylic acids is 1. The molecule has 0 amide bonds. The minimum absolute atomic E-state index is 0.367. The van der Waals surface area contributed by atoms with Crippen LogP contribution in [0.25, 0.3) is 0 Å². The Morgan fingerprint density at radius 3 is 1.31 bits per heavy atom. The Balaban J connectivity index is 3.29. The van der Waals surface area contributed by atoms with Crippen molar-refractivity contribution in [2.24, 2.45) is 16.7 Å². The van der Waals surface area contributed by atoms with Gasteiger partial charge in [-0.3, -0.25) is 4.79 Å². The molecular formula is C8H7ClF6O. The highest BCUT2D eigenvalue weighted by Crippen LogP contribution is 2.80. The summed E-state index contributed by atoms with van der Waals surface area (Å²) in [6.07, 6.45) is -10.3. The SMILES string of the molecule is CC1(C(F)(F)F)C(C(=O)Cl)C1(C)C(F)(F)F. The van der Waals surface area contributed by atoms with E-state index in [1.807, 2.05) is 0 Å². The van der Waals surface area contributed by atoms with E-state index in [1.54, 1.807) is 0 Å². The van der Waals surface area contributed by atoms with Crippen LogP contribution in [0.3, 0.4) is 0 Å². The smallest absolute Gasteiger partial charge is 0.281 e. The van der Waals surface area contributed by atoms with Crippen LogP contribution in [-0.2, 0) is 4.79 Å². The summed E-state index contributed by atoms with van der Waals surface area (Å²) in [5, 5.41) is -1.61. The van der Waals surface area contributed by atoms with E-state index in [9.17, 15) is 31.1 Å². The summed E-state index contributed by atoms with van der Waals surface area (Å²) in [5.74, 6) is -2.28. The molecule has 1 saturated carbocycles. The molecule has 1 aliphatic carbocycles. The third-order valence-electron chi connectivity index (χ3n) is 3.55. The molecule has 0 aromatic carbocycles. The predicted molar refractivity (Wildman–Crippen MR) is 42.7 cm³/mol. The molecule has 0 N–H and O–H groups in total. The largest absolute Gasteiger partial charge is 0.395 e. The van der Waals surface area contributed by atoms with Gasteiger partial charge in [0.15, 0.2) is 0 Å². The zero-order valence-electron chi connectivity index (χ0n) is 8.13. The average Bonchev–Trinajstić information content (AvgIpc) is 2.49. The summed E-state index contributed by atoms with van der Waals surface area (Å²) in [5.41, 5.74) is -6.28. The summed E-state index contributed by atoms with van der Waals surface area (Å²) in [6, 6.07) is 0. The molecule has 0 saturated heterocycles. The van der Waals surface area contributed by atoms with Crippen molar-refractivity contribution < 1.29 is 31.1 Å². The number of hydrogen-bond acceptors (Lipinski definition) is 1. The van der Waals surface area contributed by atoms with Gasteiger partial charge in [0.25, 0.3) is 0 Å². The van der Waals surface area contributed by atoms with Crippen LogP contribution in [0, 0.1) is 16.7 Å². The van der Waals surface area contributed by atoms with E-state index in [1.165, 1.54) is 0 Å². The Morgan fingerprint density at radius 1 is 1.00 bits per heavy atom. The van der Waals surface area contributed by atoms with Gasteiger partial charge in [-0.1, -0.05) is 0 Å². The number of hydrogen-bond donors (Lipinski definition) is 0. The van der Waals surface area contributed by atoms with E-state index >= 15 is 0 Å². The zero-order valence-corrected chi connectivity index (χ0v) is 8.89. The maximum atomic E-state index is 12.6. The van der Waals surface area contributed by atoms with E-state index in [0.717, 1.165) is 0 Å². The van der Waals surface area contributed by atoms with Crippen LogP contribution < -0.4 is 0 Å². The van der Waals surface area contributed by atoms with Gasteiger partial charge >= 0.3 is 12.4 Å². The third kappa shape index (κ3) is 1.30. The van der Waals surface area contributed by atoms with Gasteiger partial charge in [-0.15, -0.1) is 0 Å². The molecule has 1 rings (SSSR count). The normalized spacial score (nSPS) is 39.7. The van der Waals surface area contributed by atoms with Crippen LogP contribution in [-0.4, -0.2) is 17.6 Å². The first-order valence-electron chi connectivity index (χ1n) is 4.14. The lowest BCUT2D eigenvalue weighted by Gasteiger charge is -2.23. The molecule has 0 bridgehead atoms. The standard InChI is InChI=1S/C8H7ClF6O/c1-5(7(10,11)12)3(4(9)16)6(5,2)8(13,14)15/h3H,1-2H3.